The Bertz CT molecular complexity index is 179. The molecule has 1 N–H and O–H groups in total. The molecular formula is C13H30N2O. The maximum Gasteiger partial charge on any atom is 0.0672 e. The van der Waals surface area contributed by atoms with Gasteiger partial charge in [-0.05, 0) is 47.3 Å². The molecule has 0 radical (unpaired) electrons. The second-order valence-corrected chi connectivity index (χ2v) is 5.88. The van der Waals surface area contributed by atoms with E-state index in [1.807, 2.05) is 0 Å². The smallest absolute Gasteiger partial charge is 0.0672 e. The molecule has 0 spiro atoms. The van der Waals surface area contributed by atoms with Crippen LogP contribution in [0.2, 0.25) is 0 Å². The molecule has 0 heterocycles. The molecule has 0 aliphatic heterocycles. The van der Waals surface area contributed by atoms with Crippen LogP contribution in [0.1, 0.15) is 34.6 Å². The van der Waals surface area contributed by atoms with Crippen molar-refractivity contribution in [3.8, 4) is 0 Å². The first kappa shape index (κ1) is 15.9. The molecule has 0 saturated heterocycles. The summed E-state index contributed by atoms with van der Waals surface area (Å²) in [6.45, 7) is 13.7. The zero-order valence-corrected chi connectivity index (χ0v) is 12.1. The van der Waals surface area contributed by atoms with Gasteiger partial charge in [0.2, 0.25) is 0 Å². The van der Waals surface area contributed by atoms with E-state index >= 15 is 0 Å². The van der Waals surface area contributed by atoms with Gasteiger partial charge in [-0.15, -0.1) is 0 Å². The second-order valence-electron chi connectivity index (χ2n) is 5.88. The Balaban J connectivity index is 3.68. The molecule has 16 heavy (non-hydrogen) atoms. The van der Waals surface area contributed by atoms with Crippen molar-refractivity contribution in [2.45, 2.75) is 46.3 Å². The molecule has 0 aromatic carbocycles. The van der Waals surface area contributed by atoms with Crippen LogP contribution in [0, 0.1) is 5.92 Å². The summed E-state index contributed by atoms with van der Waals surface area (Å²) in [5, 5.41) is 3.41. The fourth-order valence-electron chi connectivity index (χ4n) is 1.11. The van der Waals surface area contributed by atoms with Crippen LogP contribution < -0.4 is 5.32 Å². The number of likely N-dealkylation sites (N-methyl/N-ethyl adjacent to an activating group) is 1. The first-order valence-corrected chi connectivity index (χ1v) is 6.25. The number of rotatable bonds is 8. The van der Waals surface area contributed by atoms with Crippen molar-refractivity contribution in [1.82, 2.24) is 10.2 Å². The first-order chi connectivity index (χ1) is 7.25. The van der Waals surface area contributed by atoms with Crippen molar-refractivity contribution in [2.75, 3.05) is 33.8 Å². The zero-order valence-electron chi connectivity index (χ0n) is 12.1. The summed E-state index contributed by atoms with van der Waals surface area (Å²) in [6, 6.07) is 0. The lowest BCUT2D eigenvalue weighted by molar-refractivity contribution is -0.00317. The van der Waals surface area contributed by atoms with Crippen LogP contribution in [-0.2, 0) is 4.74 Å². The Hall–Kier alpha value is -0.120. The Morgan fingerprint density at radius 3 is 2.12 bits per heavy atom. The van der Waals surface area contributed by atoms with Crippen LogP contribution >= 0.6 is 0 Å². The Morgan fingerprint density at radius 2 is 1.69 bits per heavy atom. The number of nitrogens with one attached hydrogen (secondary N) is 1. The summed E-state index contributed by atoms with van der Waals surface area (Å²) in [7, 11) is 4.18. The van der Waals surface area contributed by atoms with Crippen molar-refractivity contribution in [3.05, 3.63) is 0 Å². The minimum Gasteiger partial charge on any atom is -0.375 e. The van der Waals surface area contributed by atoms with Gasteiger partial charge >= 0.3 is 0 Å². The van der Waals surface area contributed by atoms with E-state index in [-0.39, 0.29) is 11.6 Å². The van der Waals surface area contributed by atoms with E-state index in [1.165, 1.54) is 0 Å². The average molecular weight is 230 g/mol. The van der Waals surface area contributed by atoms with Gasteiger partial charge < -0.3 is 15.0 Å². The van der Waals surface area contributed by atoms with E-state index in [9.17, 15) is 0 Å². The van der Waals surface area contributed by atoms with Gasteiger partial charge in [0.05, 0.1) is 12.7 Å². The van der Waals surface area contributed by atoms with Crippen LogP contribution in [0.25, 0.3) is 0 Å². The molecule has 1 unspecified atom stereocenters. The molecule has 0 bridgehead atoms. The molecule has 0 fully saturated rings. The lowest BCUT2D eigenvalue weighted by atomic mass is 10.1. The van der Waals surface area contributed by atoms with Crippen LogP contribution in [0.15, 0.2) is 0 Å². The third-order valence-electron chi connectivity index (χ3n) is 2.92. The normalized spacial score (nSPS) is 14.8. The number of hydrogen-bond acceptors (Lipinski definition) is 3. The van der Waals surface area contributed by atoms with Gasteiger partial charge in [0.1, 0.15) is 0 Å². The third kappa shape index (κ3) is 7.20. The molecule has 0 amide bonds. The van der Waals surface area contributed by atoms with Crippen LogP contribution in [-0.4, -0.2) is 50.3 Å². The third-order valence-corrected chi connectivity index (χ3v) is 2.92. The summed E-state index contributed by atoms with van der Waals surface area (Å²) >= 11 is 0. The Morgan fingerprint density at radius 1 is 1.12 bits per heavy atom. The number of ether oxygens (including phenoxy) is 1. The van der Waals surface area contributed by atoms with Gasteiger partial charge in [0.15, 0.2) is 0 Å². The SMILES string of the molecule is CC(C)CNCC(C)OCC(C)(C)N(C)C. The molecule has 3 heteroatoms. The van der Waals surface area contributed by atoms with E-state index in [2.05, 4.69) is 58.9 Å². The highest BCUT2D eigenvalue weighted by Gasteiger charge is 2.21. The van der Waals surface area contributed by atoms with Gasteiger partial charge in [0, 0.05) is 12.1 Å². The van der Waals surface area contributed by atoms with E-state index in [0.29, 0.717) is 5.92 Å². The van der Waals surface area contributed by atoms with E-state index in [4.69, 9.17) is 4.74 Å². The second kappa shape index (κ2) is 7.25. The standard InChI is InChI=1S/C13H30N2O/c1-11(2)8-14-9-12(3)16-10-13(4,5)15(6)7/h11-12,14H,8-10H2,1-7H3. The van der Waals surface area contributed by atoms with Gasteiger partial charge in [-0.25, -0.2) is 0 Å². The highest BCUT2D eigenvalue weighted by atomic mass is 16.5. The highest BCUT2D eigenvalue weighted by molar-refractivity contribution is 4.76. The number of hydrogen-bond donors (Lipinski definition) is 1. The first-order valence-electron chi connectivity index (χ1n) is 6.25. The predicted molar refractivity (Wildman–Crippen MR) is 70.9 cm³/mol. The average Bonchev–Trinajstić information content (AvgIpc) is 2.14. The predicted octanol–water partition coefficient (Wildman–Crippen LogP) is 1.98. The van der Waals surface area contributed by atoms with E-state index in [0.717, 1.165) is 19.7 Å². The molecule has 98 valence electrons. The minimum absolute atomic E-state index is 0.103. The quantitative estimate of drug-likeness (QED) is 0.690. The highest BCUT2D eigenvalue weighted by Crippen LogP contribution is 2.11. The molecule has 0 rings (SSSR count). The minimum atomic E-state index is 0.103. The summed E-state index contributed by atoms with van der Waals surface area (Å²) < 4.78 is 5.85. The van der Waals surface area contributed by atoms with Crippen molar-refractivity contribution in [1.29, 1.82) is 0 Å². The summed E-state index contributed by atoms with van der Waals surface area (Å²) in [4.78, 5) is 2.20. The zero-order chi connectivity index (χ0) is 12.8. The maximum absolute atomic E-state index is 5.85. The molecule has 1 atom stereocenters. The molecule has 3 nitrogen and oxygen atoms in total. The summed E-state index contributed by atoms with van der Waals surface area (Å²) in [6.07, 6.45) is 0.276. The van der Waals surface area contributed by atoms with Crippen LogP contribution in [0.4, 0.5) is 0 Å². The van der Waals surface area contributed by atoms with Crippen LogP contribution in [0.5, 0.6) is 0 Å². The summed E-state index contributed by atoms with van der Waals surface area (Å²) in [5.74, 6) is 0.699. The van der Waals surface area contributed by atoms with Gasteiger partial charge in [-0.3, -0.25) is 0 Å². The Kier molecular flexibility index (Phi) is 7.20. The molecule has 0 saturated carbocycles. The maximum atomic E-state index is 5.85. The Labute approximate surface area is 102 Å². The van der Waals surface area contributed by atoms with Crippen molar-refractivity contribution < 1.29 is 4.74 Å². The van der Waals surface area contributed by atoms with E-state index < -0.39 is 0 Å². The number of nitrogens with zero attached hydrogens (tertiary/aromatic N) is 1. The molecule has 0 aliphatic rings. The van der Waals surface area contributed by atoms with Crippen molar-refractivity contribution >= 4 is 0 Å². The summed E-state index contributed by atoms with van der Waals surface area (Å²) in [5.41, 5.74) is 0.103. The molecule has 0 aromatic rings. The van der Waals surface area contributed by atoms with E-state index in [1.54, 1.807) is 0 Å². The van der Waals surface area contributed by atoms with Gasteiger partial charge in [-0.2, -0.15) is 0 Å². The monoisotopic (exact) mass is 230 g/mol. The lowest BCUT2D eigenvalue weighted by Gasteiger charge is -2.33. The topological polar surface area (TPSA) is 24.5 Å². The molecule has 0 aromatic heterocycles. The molecular weight excluding hydrogens is 200 g/mol. The lowest BCUT2D eigenvalue weighted by Crippen LogP contribution is -2.44. The largest absolute Gasteiger partial charge is 0.375 e. The van der Waals surface area contributed by atoms with Crippen molar-refractivity contribution in [3.63, 3.8) is 0 Å². The fourth-order valence-corrected chi connectivity index (χ4v) is 1.11. The van der Waals surface area contributed by atoms with Crippen molar-refractivity contribution in [2.24, 2.45) is 5.92 Å². The van der Waals surface area contributed by atoms with Crippen LogP contribution in [0.3, 0.4) is 0 Å². The molecule has 0 aliphatic carbocycles. The van der Waals surface area contributed by atoms with Gasteiger partial charge in [0.25, 0.3) is 0 Å². The van der Waals surface area contributed by atoms with Gasteiger partial charge in [-0.1, -0.05) is 13.8 Å². The fraction of sp³-hybridized carbons (Fsp3) is 1.00.